The molecule has 0 saturated carbocycles. The van der Waals surface area contributed by atoms with E-state index in [1.54, 1.807) is 25.1 Å². The van der Waals surface area contributed by atoms with Crippen molar-refractivity contribution in [2.75, 3.05) is 32.5 Å². The van der Waals surface area contributed by atoms with E-state index in [0.29, 0.717) is 11.8 Å². The van der Waals surface area contributed by atoms with Gasteiger partial charge in [-0.25, -0.2) is 0 Å². The molecule has 2 unspecified atom stereocenters. The Bertz CT molecular complexity index is 1100. The molecule has 2 atom stereocenters. The zero-order valence-electron chi connectivity index (χ0n) is 20.3. The summed E-state index contributed by atoms with van der Waals surface area (Å²) in [5.74, 6) is 2.12. The van der Waals surface area contributed by atoms with E-state index in [-0.39, 0.29) is 6.42 Å². The van der Waals surface area contributed by atoms with Crippen molar-refractivity contribution in [2.45, 2.75) is 43.6 Å². The number of thioether (sulfide) groups is 1. The number of likely N-dealkylation sites (tertiary alicyclic amines) is 1. The highest BCUT2D eigenvalue weighted by molar-refractivity contribution is 7.99. The van der Waals surface area contributed by atoms with Crippen molar-refractivity contribution in [1.82, 2.24) is 20.1 Å². The van der Waals surface area contributed by atoms with Crippen LogP contribution in [0.25, 0.3) is 10.9 Å². The summed E-state index contributed by atoms with van der Waals surface area (Å²) in [5, 5.41) is 19.5. The van der Waals surface area contributed by atoms with Crippen molar-refractivity contribution in [1.29, 1.82) is 0 Å². The fourth-order valence-corrected chi connectivity index (χ4v) is 5.94. The summed E-state index contributed by atoms with van der Waals surface area (Å²) in [7, 11) is 1.69. The van der Waals surface area contributed by atoms with Gasteiger partial charge in [0.05, 0.1) is 12.6 Å². The summed E-state index contributed by atoms with van der Waals surface area (Å²) in [6, 6.07) is 12.0. The molecule has 3 heterocycles. The molecule has 3 aromatic rings. The van der Waals surface area contributed by atoms with Crippen LogP contribution in [0.4, 0.5) is 0 Å². The van der Waals surface area contributed by atoms with Crippen molar-refractivity contribution in [2.24, 2.45) is 11.8 Å². The van der Waals surface area contributed by atoms with E-state index in [0.717, 1.165) is 79.2 Å². The maximum absolute atomic E-state index is 11.3. The molecule has 0 aliphatic carbocycles. The minimum absolute atomic E-state index is 0.248. The van der Waals surface area contributed by atoms with Gasteiger partial charge in [-0.05, 0) is 92.4 Å². The fourth-order valence-electron chi connectivity index (χ4n) is 5.10. The van der Waals surface area contributed by atoms with Gasteiger partial charge in [0.1, 0.15) is 10.8 Å². The average molecular weight is 495 g/mol. The van der Waals surface area contributed by atoms with Gasteiger partial charge < -0.3 is 14.7 Å². The first-order chi connectivity index (χ1) is 17.1. The third kappa shape index (κ3) is 7.39. The second-order valence-corrected chi connectivity index (χ2v) is 10.3. The number of methoxy groups -OCH3 is 1. The SMILES string of the molecule is COc1ccc2nccc(CCCC3CCN(CCSc4cccnn4)CC3CCC(=O)O)c2c1. The number of carboxylic acids is 1. The standard InChI is InChI=1S/C27H34N4O3S/c1-34-23-8-9-25-24(18-23)21(11-14-28-25)5-2-4-20-12-15-31(19-22(20)7-10-27(32)33)16-17-35-26-6-3-13-29-30-26/h3,6,8-9,11,13-14,18,20,22H,2,4-5,7,10,12,15-17,19H2,1H3,(H,32,33). The Hall–Kier alpha value is -2.71. The number of benzene rings is 1. The fraction of sp³-hybridized carbons (Fsp3) is 0.481. The van der Waals surface area contributed by atoms with Gasteiger partial charge in [0.15, 0.2) is 0 Å². The number of hydrogen-bond donors (Lipinski definition) is 1. The molecule has 35 heavy (non-hydrogen) atoms. The number of fused-ring (bicyclic) bond motifs is 1. The van der Waals surface area contributed by atoms with Gasteiger partial charge in [-0.15, -0.1) is 16.9 Å². The van der Waals surface area contributed by atoms with E-state index in [4.69, 9.17) is 4.74 Å². The monoisotopic (exact) mass is 494 g/mol. The first-order valence-corrected chi connectivity index (χ1v) is 13.4. The lowest BCUT2D eigenvalue weighted by molar-refractivity contribution is -0.137. The molecule has 1 N–H and O–H groups in total. The minimum atomic E-state index is -0.698. The molecule has 1 aromatic carbocycles. The molecule has 2 aromatic heterocycles. The van der Waals surface area contributed by atoms with E-state index < -0.39 is 5.97 Å². The molecular weight excluding hydrogens is 460 g/mol. The van der Waals surface area contributed by atoms with Crippen LogP contribution in [0.5, 0.6) is 5.75 Å². The minimum Gasteiger partial charge on any atom is -0.497 e. The quantitative estimate of drug-likeness (QED) is 0.354. The van der Waals surface area contributed by atoms with Crippen LogP contribution in [0.2, 0.25) is 0 Å². The summed E-state index contributed by atoms with van der Waals surface area (Å²) in [6.45, 7) is 3.04. The first-order valence-electron chi connectivity index (χ1n) is 12.4. The van der Waals surface area contributed by atoms with Crippen LogP contribution in [-0.2, 0) is 11.2 Å². The number of hydrogen-bond acceptors (Lipinski definition) is 7. The summed E-state index contributed by atoms with van der Waals surface area (Å²) < 4.78 is 5.41. The van der Waals surface area contributed by atoms with Gasteiger partial charge in [0.25, 0.3) is 0 Å². The Morgan fingerprint density at radius 2 is 2.11 bits per heavy atom. The Balaban J connectivity index is 1.31. The number of ether oxygens (including phenoxy) is 1. The second-order valence-electron chi connectivity index (χ2n) is 9.20. The molecule has 0 amide bonds. The number of carbonyl (C=O) groups is 1. The number of carboxylic acid groups (broad SMARTS) is 1. The van der Waals surface area contributed by atoms with Crippen molar-refractivity contribution in [3.63, 3.8) is 0 Å². The Labute approximate surface area is 211 Å². The highest BCUT2D eigenvalue weighted by Gasteiger charge is 2.29. The Kier molecular flexibility index (Phi) is 9.31. The number of aryl methyl sites for hydroxylation is 1. The van der Waals surface area contributed by atoms with Gasteiger partial charge in [0.2, 0.25) is 0 Å². The average Bonchev–Trinajstić information content (AvgIpc) is 2.88. The zero-order valence-corrected chi connectivity index (χ0v) is 21.1. The van der Waals surface area contributed by atoms with Gasteiger partial charge in [-0.3, -0.25) is 9.78 Å². The summed E-state index contributed by atoms with van der Waals surface area (Å²) in [4.78, 5) is 18.3. The van der Waals surface area contributed by atoms with Crippen LogP contribution >= 0.6 is 11.8 Å². The van der Waals surface area contributed by atoms with Gasteiger partial charge >= 0.3 is 5.97 Å². The largest absolute Gasteiger partial charge is 0.497 e. The first kappa shape index (κ1) is 25.4. The summed E-state index contributed by atoms with van der Waals surface area (Å²) >= 11 is 1.73. The molecule has 1 aliphatic rings. The smallest absolute Gasteiger partial charge is 0.303 e. The Morgan fingerprint density at radius 1 is 1.20 bits per heavy atom. The molecule has 0 radical (unpaired) electrons. The van der Waals surface area contributed by atoms with Crippen molar-refractivity contribution in [3.05, 3.63) is 54.4 Å². The van der Waals surface area contributed by atoms with Crippen LogP contribution < -0.4 is 4.74 Å². The molecule has 0 spiro atoms. The van der Waals surface area contributed by atoms with E-state index in [1.165, 1.54) is 5.56 Å². The van der Waals surface area contributed by atoms with Crippen molar-refractivity contribution in [3.8, 4) is 5.75 Å². The molecule has 1 aliphatic heterocycles. The lowest BCUT2D eigenvalue weighted by Gasteiger charge is -2.39. The maximum Gasteiger partial charge on any atom is 0.303 e. The molecular formula is C27H34N4O3S. The van der Waals surface area contributed by atoms with Gasteiger partial charge in [0, 0.05) is 43.0 Å². The molecule has 7 nitrogen and oxygen atoms in total. The number of aromatic nitrogens is 3. The van der Waals surface area contributed by atoms with Crippen LogP contribution in [-0.4, -0.2) is 63.7 Å². The lowest BCUT2D eigenvalue weighted by Crippen LogP contribution is -2.41. The zero-order chi connectivity index (χ0) is 24.5. The summed E-state index contributed by atoms with van der Waals surface area (Å²) in [5.41, 5.74) is 2.30. The van der Waals surface area contributed by atoms with Crippen LogP contribution in [0.1, 0.15) is 37.7 Å². The van der Waals surface area contributed by atoms with Crippen LogP contribution in [0.15, 0.2) is 53.8 Å². The number of rotatable bonds is 12. The normalized spacial score (nSPS) is 18.5. The van der Waals surface area contributed by atoms with E-state index in [9.17, 15) is 9.90 Å². The van der Waals surface area contributed by atoms with Crippen molar-refractivity contribution >= 4 is 28.6 Å². The van der Waals surface area contributed by atoms with Crippen LogP contribution in [0.3, 0.4) is 0 Å². The molecule has 0 bridgehead atoms. The molecule has 186 valence electrons. The lowest BCUT2D eigenvalue weighted by atomic mass is 9.79. The molecule has 1 fully saturated rings. The van der Waals surface area contributed by atoms with Gasteiger partial charge in [-0.2, -0.15) is 5.10 Å². The highest BCUT2D eigenvalue weighted by atomic mass is 32.2. The predicted octanol–water partition coefficient (Wildman–Crippen LogP) is 4.95. The van der Waals surface area contributed by atoms with Crippen molar-refractivity contribution < 1.29 is 14.6 Å². The summed E-state index contributed by atoms with van der Waals surface area (Å²) in [6.07, 6.45) is 8.92. The highest BCUT2D eigenvalue weighted by Crippen LogP contribution is 2.32. The number of nitrogens with zero attached hydrogens (tertiary/aromatic N) is 4. The number of aliphatic carboxylic acids is 1. The van der Waals surface area contributed by atoms with E-state index in [2.05, 4.69) is 32.2 Å². The third-order valence-electron chi connectivity index (χ3n) is 6.97. The van der Waals surface area contributed by atoms with Crippen LogP contribution in [0, 0.1) is 11.8 Å². The number of piperidine rings is 1. The molecule has 8 heteroatoms. The number of pyridine rings is 1. The second kappa shape index (κ2) is 12.8. The van der Waals surface area contributed by atoms with Gasteiger partial charge in [-0.1, -0.05) is 0 Å². The predicted molar refractivity (Wildman–Crippen MR) is 139 cm³/mol. The molecule has 4 rings (SSSR count). The topological polar surface area (TPSA) is 88.4 Å². The Morgan fingerprint density at radius 3 is 2.91 bits per heavy atom. The van der Waals surface area contributed by atoms with E-state index in [1.807, 2.05) is 30.5 Å². The molecule has 1 saturated heterocycles. The van der Waals surface area contributed by atoms with E-state index >= 15 is 0 Å². The maximum atomic E-state index is 11.3. The third-order valence-corrected chi connectivity index (χ3v) is 7.87.